The number of hydrogen-bond donors (Lipinski definition) is 0. The van der Waals surface area contributed by atoms with Gasteiger partial charge in [-0.05, 0) is 20.3 Å². The molecule has 1 aliphatic rings. The molecule has 0 aliphatic carbocycles. The van der Waals surface area contributed by atoms with Crippen LogP contribution in [0, 0.1) is 0 Å². The van der Waals surface area contributed by atoms with Crippen LogP contribution in [-0.4, -0.2) is 26.0 Å². The predicted molar refractivity (Wildman–Crippen MR) is 46.8 cm³/mol. The zero-order chi connectivity index (χ0) is 9.57. The number of hydrogen-bond acceptors (Lipinski definition) is 4. The van der Waals surface area contributed by atoms with E-state index in [4.69, 9.17) is 18.9 Å². The summed E-state index contributed by atoms with van der Waals surface area (Å²) >= 11 is 0. The van der Waals surface area contributed by atoms with Gasteiger partial charge in [-0.2, -0.15) is 0 Å². The Labute approximate surface area is 78.4 Å². The van der Waals surface area contributed by atoms with E-state index in [2.05, 4.69) is 0 Å². The fourth-order valence-electron chi connectivity index (χ4n) is 1.01. The normalized spacial score (nSPS) is 22.0. The van der Waals surface area contributed by atoms with Gasteiger partial charge in [0.25, 0.3) is 0 Å². The van der Waals surface area contributed by atoms with Crippen LogP contribution in [0.4, 0.5) is 0 Å². The molecular weight excluding hydrogens is 172 g/mol. The molecule has 1 heterocycles. The Hall–Kier alpha value is -0.580. The molecule has 1 aliphatic heterocycles. The Morgan fingerprint density at radius 3 is 2.62 bits per heavy atom. The Balaban J connectivity index is 2.50. The minimum Gasteiger partial charge on any atom is -0.425 e. The number of ether oxygens (including phenoxy) is 4. The van der Waals surface area contributed by atoms with Crippen molar-refractivity contribution in [1.29, 1.82) is 0 Å². The van der Waals surface area contributed by atoms with Gasteiger partial charge in [-0.1, -0.05) is 6.08 Å². The second-order valence-electron chi connectivity index (χ2n) is 2.57. The minimum atomic E-state index is -1.31. The van der Waals surface area contributed by atoms with E-state index in [0.29, 0.717) is 19.8 Å². The molecule has 0 spiro atoms. The third kappa shape index (κ3) is 2.99. The summed E-state index contributed by atoms with van der Waals surface area (Å²) < 4.78 is 21.0. The summed E-state index contributed by atoms with van der Waals surface area (Å²) in [5.74, 6) is 0. The summed E-state index contributed by atoms with van der Waals surface area (Å²) in [6, 6.07) is 0. The second-order valence-corrected chi connectivity index (χ2v) is 2.57. The lowest BCUT2D eigenvalue weighted by Crippen LogP contribution is -2.44. The molecule has 1 fully saturated rings. The van der Waals surface area contributed by atoms with Gasteiger partial charge in [-0.15, -0.1) is 0 Å². The lowest BCUT2D eigenvalue weighted by Gasteiger charge is -2.33. The second kappa shape index (κ2) is 5.21. The van der Waals surface area contributed by atoms with E-state index in [1.807, 2.05) is 13.8 Å². The predicted octanol–water partition coefficient (Wildman–Crippen LogP) is 1.62. The summed E-state index contributed by atoms with van der Waals surface area (Å²) in [6.07, 6.45) is 2.82. The van der Waals surface area contributed by atoms with Crippen molar-refractivity contribution in [2.45, 2.75) is 26.4 Å². The third-order valence-corrected chi connectivity index (χ3v) is 1.52. The van der Waals surface area contributed by atoms with Crippen molar-refractivity contribution < 1.29 is 18.9 Å². The molecule has 1 saturated heterocycles. The fourth-order valence-corrected chi connectivity index (χ4v) is 1.01. The van der Waals surface area contributed by atoms with Crippen LogP contribution in [0.5, 0.6) is 0 Å². The van der Waals surface area contributed by atoms with Gasteiger partial charge < -0.3 is 4.74 Å². The van der Waals surface area contributed by atoms with E-state index in [9.17, 15) is 0 Å². The van der Waals surface area contributed by atoms with E-state index in [1.165, 1.54) is 6.26 Å². The highest BCUT2D eigenvalue weighted by atomic mass is 17.0. The first-order valence-corrected chi connectivity index (χ1v) is 4.54. The maximum Gasteiger partial charge on any atom is 0.460 e. The molecule has 0 N–H and O–H groups in total. The summed E-state index contributed by atoms with van der Waals surface area (Å²) in [7, 11) is 0. The molecule has 0 aromatic heterocycles. The van der Waals surface area contributed by atoms with Crippen LogP contribution in [0.15, 0.2) is 12.3 Å². The molecule has 0 bridgehead atoms. The van der Waals surface area contributed by atoms with Crippen LogP contribution in [0.25, 0.3) is 0 Å². The zero-order valence-corrected chi connectivity index (χ0v) is 8.12. The molecule has 1 rings (SSSR count). The maximum atomic E-state index is 5.29. The average molecular weight is 188 g/mol. The molecule has 76 valence electrons. The van der Waals surface area contributed by atoms with Crippen LogP contribution < -0.4 is 0 Å². The largest absolute Gasteiger partial charge is 0.460 e. The lowest BCUT2D eigenvalue weighted by molar-refractivity contribution is -0.497. The van der Waals surface area contributed by atoms with E-state index in [0.717, 1.165) is 6.42 Å². The SMILES string of the molecule is C/C=C\OC1(OCC)OCCCO1. The van der Waals surface area contributed by atoms with Crippen molar-refractivity contribution in [3.8, 4) is 0 Å². The lowest BCUT2D eigenvalue weighted by atomic mass is 10.5. The highest BCUT2D eigenvalue weighted by Crippen LogP contribution is 2.22. The van der Waals surface area contributed by atoms with Crippen LogP contribution in [0.1, 0.15) is 20.3 Å². The van der Waals surface area contributed by atoms with Gasteiger partial charge in [-0.3, -0.25) is 14.2 Å². The van der Waals surface area contributed by atoms with Gasteiger partial charge in [0.05, 0.1) is 26.1 Å². The quantitative estimate of drug-likeness (QED) is 0.496. The molecule has 0 radical (unpaired) electrons. The zero-order valence-electron chi connectivity index (χ0n) is 8.12. The molecule has 0 aromatic carbocycles. The molecule has 0 saturated carbocycles. The summed E-state index contributed by atoms with van der Waals surface area (Å²) in [6.45, 7) is 5.39. The van der Waals surface area contributed by atoms with E-state index in [1.54, 1.807) is 6.08 Å². The van der Waals surface area contributed by atoms with Gasteiger partial charge in [0.2, 0.25) is 0 Å². The summed E-state index contributed by atoms with van der Waals surface area (Å²) in [5, 5.41) is 0. The minimum absolute atomic E-state index is 0.484. The number of rotatable bonds is 4. The van der Waals surface area contributed by atoms with Crippen molar-refractivity contribution in [3.63, 3.8) is 0 Å². The number of allylic oxidation sites excluding steroid dienone is 1. The molecule has 4 nitrogen and oxygen atoms in total. The molecule has 13 heavy (non-hydrogen) atoms. The molecule has 0 atom stereocenters. The van der Waals surface area contributed by atoms with Gasteiger partial charge in [0, 0.05) is 0 Å². The van der Waals surface area contributed by atoms with Crippen LogP contribution in [0.3, 0.4) is 0 Å². The van der Waals surface area contributed by atoms with Crippen LogP contribution >= 0.6 is 0 Å². The van der Waals surface area contributed by atoms with Crippen LogP contribution in [-0.2, 0) is 18.9 Å². The fraction of sp³-hybridized carbons (Fsp3) is 0.778. The van der Waals surface area contributed by atoms with Crippen molar-refractivity contribution in [3.05, 3.63) is 12.3 Å². The van der Waals surface area contributed by atoms with Crippen molar-refractivity contribution in [1.82, 2.24) is 0 Å². The first-order chi connectivity index (χ1) is 6.33. The first-order valence-electron chi connectivity index (χ1n) is 4.54. The maximum absolute atomic E-state index is 5.29. The topological polar surface area (TPSA) is 36.9 Å². The third-order valence-electron chi connectivity index (χ3n) is 1.52. The van der Waals surface area contributed by atoms with Gasteiger partial charge >= 0.3 is 6.16 Å². The van der Waals surface area contributed by atoms with Crippen molar-refractivity contribution in [2.24, 2.45) is 0 Å². The molecular formula is C9H16O4. The average Bonchev–Trinajstić information content (AvgIpc) is 2.17. The van der Waals surface area contributed by atoms with Crippen molar-refractivity contribution >= 4 is 0 Å². The molecule has 0 amide bonds. The van der Waals surface area contributed by atoms with E-state index in [-0.39, 0.29) is 0 Å². The Morgan fingerprint density at radius 2 is 2.08 bits per heavy atom. The molecule has 0 unspecified atom stereocenters. The van der Waals surface area contributed by atoms with E-state index < -0.39 is 6.16 Å². The van der Waals surface area contributed by atoms with Gasteiger partial charge in [0.1, 0.15) is 0 Å². The van der Waals surface area contributed by atoms with Gasteiger partial charge in [-0.25, -0.2) is 0 Å². The Kier molecular flexibility index (Phi) is 4.21. The van der Waals surface area contributed by atoms with Gasteiger partial charge in [0.15, 0.2) is 0 Å². The smallest absolute Gasteiger partial charge is 0.425 e. The van der Waals surface area contributed by atoms with E-state index >= 15 is 0 Å². The highest BCUT2D eigenvalue weighted by Gasteiger charge is 2.38. The summed E-state index contributed by atoms with van der Waals surface area (Å²) in [4.78, 5) is 0. The standard InChI is InChI=1S/C9H16O4/c1-3-6-11-9(10-4-2)12-7-5-8-13-9/h3,6H,4-5,7-8H2,1-2H3/b6-3-. The Bertz CT molecular complexity index is 155. The van der Waals surface area contributed by atoms with Crippen molar-refractivity contribution in [2.75, 3.05) is 19.8 Å². The van der Waals surface area contributed by atoms with Crippen LogP contribution in [0.2, 0.25) is 0 Å². The first kappa shape index (κ1) is 10.5. The highest BCUT2D eigenvalue weighted by molar-refractivity contribution is 4.67. The monoisotopic (exact) mass is 188 g/mol. The molecule has 4 heteroatoms. The molecule has 0 aromatic rings. The summed E-state index contributed by atoms with van der Waals surface area (Å²) in [5.41, 5.74) is 0. The Morgan fingerprint density at radius 1 is 1.38 bits per heavy atom.